The second-order valence-corrected chi connectivity index (χ2v) is 5.04. The number of aromatic hydroxyl groups is 1. The van der Waals surface area contributed by atoms with Crippen molar-refractivity contribution in [3.05, 3.63) is 52.1 Å². The summed E-state index contributed by atoms with van der Waals surface area (Å²) in [6.07, 6.45) is 0. The van der Waals surface area contributed by atoms with Crippen LogP contribution in [0.4, 0.5) is 0 Å². The molecule has 0 amide bonds. The Bertz CT molecular complexity index is 820. The highest BCUT2D eigenvalue weighted by atomic mass is 16.5. The molecule has 5 nitrogen and oxygen atoms in total. The molecule has 0 heterocycles. The Morgan fingerprint density at radius 3 is 2.23 bits per heavy atom. The Kier molecular flexibility index (Phi) is 3.13. The average molecular weight is 298 g/mol. The SMILES string of the molecule is COc1cc(C)c2c(c1O)C(=O)c1cccc(OC)c1C2=O. The third-order valence-electron chi connectivity index (χ3n) is 3.85. The first kappa shape index (κ1) is 14.1. The fourth-order valence-corrected chi connectivity index (χ4v) is 2.83. The average Bonchev–Trinajstić information content (AvgIpc) is 2.53. The molecular formula is C17H14O5. The zero-order chi connectivity index (χ0) is 16.0. The van der Waals surface area contributed by atoms with Gasteiger partial charge in [0.1, 0.15) is 5.75 Å². The van der Waals surface area contributed by atoms with Crippen molar-refractivity contribution in [2.24, 2.45) is 0 Å². The normalized spacial score (nSPS) is 12.7. The van der Waals surface area contributed by atoms with Gasteiger partial charge in [-0.1, -0.05) is 12.1 Å². The third kappa shape index (κ3) is 1.72. The molecule has 0 aliphatic heterocycles. The Morgan fingerprint density at radius 1 is 0.909 bits per heavy atom. The zero-order valence-electron chi connectivity index (χ0n) is 12.4. The first-order chi connectivity index (χ1) is 10.5. The number of carbonyl (C=O) groups is 2. The lowest BCUT2D eigenvalue weighted by molar-refractivity contribution is 0.0973. The Balaban J connectivity index is 2.39. The van der Waals surface area contributed by atoms with Gasteiger partial charge in [-0.25, -0.2) is 0 Å². The number of hydrogen-bond donors (Lipinski definition) is 1. The number of phenolic OH excluding ortho intramolecular Hbond substituents is 1. The Hall–Kier alpha value is -2.82. The molecule has 3 rings (SSSR count). The minimum atomic E-state index is -0.414. The van der Waals surface area contributed by atoms with Crippen molar-refractivity contribution in [1.29, 1.82) is 0 Å². The van der Waals surface area contributed by atoms with Crippen LogP contribution in [0.1, 0.15) is 37.4 Å². The number of methoxy groups -OCH3 is 2. The number of fused-ring (bicyclic) bond motifs is 2. The molecular weight excluding hydrogens is 284 g/mol. The van der Waals surface area contributed by atoms with E-state index < -0.39 is 5.78 Å². The van der Waals surface area contributed by atoms with Crippen molar-refractivity contribution in [3.8, 4) is 17.2 Å². The number of aryl methyl sites for hydroxylation is 1. The number of phenols is 1. The molecule has 1 N–H and O–H groups in total. The van der Waals surface area contributed by atoms with Crippen molar-refractivity contribution in [3.63, 3.8) is 0 Å². The third-order valence-corrected chi connectivity index (χ3v) is 3.85. The highest BCUT2D eigenvalue weighted by Crippen LogP contribution is 2.42. The largest absolute Gasteiger partial charge is 0.504 e. The summed E-state index contributed by atoms with van der Waals surface area (Å²) in [6, 6.07) is 6.36. The van der Waals surface area contributed by atoms with Crippen molar-refractivity contribution in [2.75, 3.05) is 14.2 Å². The Labute approximate surface area is 127 Å². The van der Waals surface area contributed by atoms with Crippen molar-refractivity contribution >= 4 is 11.6 Å². The van der Waals surface area contributed by atoms with Gasteiger partial charge >= 0.3 is 0 Å². The van der Waals surface area contributed by atoms with E-state index in [1.807, 2.05) is 0 Å². The molecule has 0 bridgehead atoms. The van der Waals surface area contributed by atoms with Gasteiger partial charge in [-0.15, -0.1) is 0 Å². The maximum atomic E-state index is 12.8. The van der Waals surface area contributed by atoms with Crippen LogP contribution >= 0.6 is 0 Å². The minimum Gasteiger partial charge on any atom is -0.504 e. The first-order valence-corrected chi connectivity index (χ1v) is 6.68. The minimum absolute atomic E-state index is 0.0115. The lowest BCUT2D eigenvalue weighted by Crippen LogP contribution is -2.23. The van der Waals surface area contributed by atoms with Crippen LogP contribution in [-0.4, -0.2) is 30.9 Å². The van der Waals surface area contributed by atoms with Gasteiger partial charge in [-0.2, -0.15) is 0 Å². The van der Waals surface area contributed by atoms with E-state index in [9.17, 15) is 14.7 Å². The number of carbonyl (C=O) groups excluding carboxylic acids is 2. The van der Waals surface area contributed by atoms with E-state index in [0.717, 1.165) is 0 Å². The predicted molar refractivity (Wildman–Crippen MR) is 79.3 cm³/mol. The maximum absolute atomic E-state index is 12.8. The molecule has 0 saturated carbocycles. The lowest BCUT2D eigenvalue weighted by Gasteiger charge is -2.22. The molecule has 0 saturated heterocycles. The zero-order valence-corrected chi connectivity index (χ0v) is 12.4. The molecule has 0 spiro atoms. The van der Waals surface area contributed by atoms with Gasteiger partial charge in [0.2, 0.25) is 0 Å². The number of ketones is 2. The second-order valence-electron chi connectivity index (χ2n) is 5.04. The number of hydrogen-bond acceptors (Lipinski definition) is 5. The smallest absolute Gasteiger partial charge is 0.198 e. The van der Waals surface area contributed by atoms with Gasteiger partial charge in [0, 0.05) is 11.1 Å². The van der Waals surface area contributed by atoms with Gasteiger partial charge in [0.15, 0.2) is 23.1 Å². The van der Waals surface area contributed by atoms with Crippen LogP contribution in [0.2, 0.25) is 0 Å². The molecule has 112 valence electrons. The number of ether oxygens (including phenoxy) is 2. The molecule has 2 aromatic carbocycles. The number of rotatable bonds is 2. The van der Waals surface area contributed by atoms with Crippen LogP contribution in [0.3, 0.4) is 0 Å². The lowest BCUT2D eigenvalue weighted by atomic mass is 9.81. The fraction of sp³-hybridized carbons (Fsp3) is 0.176. The van der Waals surface area contributed by atoms with E-state index in [1.165, 1.54) is 14.2 Å². The van der Waals surface area contributed by atoms with Gasteiger partial charge < -0.3 is 14.6 Å². The van der Waals surface area contributed by atoms with Crippen LogP contribution in [0.5, 0.6) is 17.2 Å². The number of benzene rings is 2. The Morgan fingerprint density at radius 2 is 1.59 bits per heavy atom. The summed E-state index contributed by atoms with van der Waals surface area (Å²) in [6.45, 7) is 1.70. The fourth-order valence-electron chi connectivity index (χ4n) is 2.83. The van der Waals surface area contributed by atoms with Crippen molar-refractivity contribution in [2.45, 2.75) is 6.92 Å². The van der Waals surface area contributed by atoms with E-state index in [4.69, 9.17) is 9.47 Å². The van der Waals surface area contributed by atoms with E-state index >= 15 is 0 Å². The molecule has 0 unspecified atom stereocenters. The molecule has 2 aromatic rings. The summed E-state index contributed by atoms with van der Waals surface area (Å²) in [5.41, 5.74) is 1.21. The summed E-state index contributed by atoms with van der Waals surface area (Å²) in [5.74, 6) is -0.546. The molecule has 0 fully saturated rings. The van der Waals surface area contributed by atoms with E-state index in [0.29, 0.717) is 11.3 Å². The predicted octanol–water partition coefficient (Wildman–Crippen LogP) is 2.49. The van der Waals surface area contributed by atoms with Gasteiger partial charge in [0.05, 0.1) is 25.3 Å². The van der Waals surface area contributed by atoms with Gasteiger partial charge in [-0.3, -0.25) is 9.59 Å². The summed E-state index contributed by atoms with van der Waals surface area (Å²) >= 11 is 0. The van der Waals surface area contributed by atoms with E-state index in [-0.39, 0.29) is 39.5 Å². The summed E-state index contributed by atoms with van der Waals surface area (Å²) in [4.78, 5) is 25.6. The summed E-state index contributed by atoms with van der Waals surface area (Å²) < 4.78 is 10.3. The van der Waals surface area contributed by atoms with Crippen LogP contribution in [0, 0.1) is 6.92 Å². The molecule has 0 aromatic heterocycles. The van der Waals surface area contributed by atoms with Crippen LogP contribution in [-0.2, 0) is 0 Å². The van der Waals surface area contributed by atoms with Crippen LogP contribution < -0.4 is 9.47 Å². The maximum Gasteiger partial charge on any atom is 0.198 e. The van der Waals surface area contributed by atoms with Crippen molar-refractivity contribution < 1.29 is 24.2 Å². The molecule has 5 heteroatoms. The molecule has 1 aliphatic rings. The molecule has 1 aliphatic carbocycles. The molecule has 22 heavy (non-hydrogen) atoms. The topological polar surface area (TPSA) is 72.8 Å². The van der Waals surface area contributed by atoms with Crippen LogP contribution in [0.25, 0.3) is 0 Å². The summed E-state index contributed by atoms with van der Waals surface area (Å²) in [7, 11) is 2.84. The molecule has 0 atom stereocenters. The highest BCUT2D eigenvalue weighted by molar-refractivity contribution is 6.30. The quantitative estimate of drug-likeness (QED) is 0.787. The highest BCUT2D eigenvalue weighted by Gasteiger charge is 2.36. The van der Waals surface area contributed by atoms with Crippen molar-refractivity contribution in [1.82, 2.24) is 0 Å². The standard InChI is InChI=1S/C17H14O5/c1-8-7-11(22-3)16(19)14-12(8)17(20)13-9(15(14)18)5-4-6-10(13)21-2/h4-7,19H,1-3H3. The van der Waals surface area contributed by atoms with E-state index in [1.54, 1.807) is 31.2 Å². The van der Waals surface area contributed by atoms with Gasteiger partial charge in [-0.05, 0) is 24.6 Å². The first-order valence-electron chi connectivity index (χ1n) is 6.68. The molecule has 0 radical (unpaired) electrons. The van der Waals surface area contributed by atoms with Gasteiger partial charge in [0.25, 0.3) is 0 Å². The van der Waals surface area contributed by atoms with Crippen LogP contribution in [0.15, 0.2) is 24.3 Å². The monoisotopic (exact) mass is 298 g/mol. The van der Waals surface area contributed by atoms with E-state index in [2.05, 4.69) is 0 Å². The summed E-state index contributed by atoms with van der Waals surface area (Å²) in [5, 5.41) is 10.3. The second kappa shape index (κ2) is 4.87.